The van der Waals surface area contributed by atoms with E-state index in [1.54, 1.807) is 13.3 Å². The second-order valence-electron chi connectivity index (χ2n) is 5.51. The van der Waals surface area contributed by atoms with Gasteiger partial charge in [0.05, 0.1) is 13.3 Å². The minimum absolute atomic E-state index is 0.202. The Balaban J connectivity index is 1.92. The molecule has 0 spiro atoms. The van der Waals surface area contributed by atoms with Crippen molar-refractivity contribution in [2.75, 3.05) is 19.0 Å². The lowest BCUT2D eigenvalue weighted by Gasteiger charge is -2.25. The molecular formula is C16H20N4O2. The largest absolute Gasteiger partial charge is 0.497 e. The van der Waals surface area contributed by atoms with Crippen molar-refractivity contribution in [2.45, 2.75) is 19.3 Å². The van der Waals surface area contributed by atoms with E-state index in [0.717, 1.165) is 11.3 Å². The van der Waals surface area contributed by atoms with Crippen LogP contribution in [0.3, 0.4) is 0 Å². The molecule has 0 radical (unpaired) electrons. The Kier molecular flexibility index (Phi) is 4.93. The summed E-state index contributed by atoms with van der Waals surface area (Å²) in [6, 6.07) is 7.53. The van der Waals surface area contributed by atoms with Crippen molar-refractivity contribution in [3.63, 3.8) is 0 Å². The van der Waals surface area contributed by atoms with E-state index in [9.17, 15) is 4.79 Å². The first-order chi connectivity index (χ1) is 10.5. The summed E-state index contributed by atoms with van der Waals surface area (Å²) in [7, 11) is 1.64. The average molecular weight is 300 g/mol. The monoisotopic (exact) mass is 300 g/mol. The Morgan fingerprint density at radius 3 is 2.55 bits per heavy atom. The van der Waals surface area contributed by atoms with Gasteiger partial charge in [-0.2, -0.15) is 0 Å². The van der Waals surface area contributed by atoms with Crippen LogP contribution in [0.4, 0.5) is 10.6 Å². The van der Waals surface area contributed by atoms with Crippen molar-refractivity contribution < 1.29 is 9.53 Å². The average Bonchev–Trinajstić information content (AvgIpc) is 2.54. The molecule has 0 unspecified atom stereocenters. The summed E-state index contributed by atoms with van der Waals surface area (Å²) in [5, 5.41) is 5.49. The minimum atomic E-state index is -0.304. The zero-order valence-electron chi connectivity index (χ0n) is 13.0. The molecule has 1 aromatic heterocycles. The number of nitrogens with one attached hydrogen (secondary N) is 2. The SMILES string of the molecule is COc1ccc(C(C)(C)CNC(=O)Nc2cnccn2)cc1. The first kappa shape index (κ1) is 15.8. The highest BCUT2D eigenvalue weighted by molar-refractivity contribution is 5.88. The van der Waals surface area contributed by atoms with Crippen LogP contribution in [0.1, 0.15) is 19.4 Å². The van der Waals surface area contributed by atoms with Crippen LogP contribution in [0, 0.1) is 0 Å². The highest BCUT2D eigenvalue weighted by Gasteiger charge is 2.21. The predicted octanol–water partition coefficient (Wildman–Crippen LogP) is 2.58. The molecule has 2 aromatic rings. The summed E-state index contributed by atoms with van der Waals surface area (Å²) in [5.74, 6) is 1.23. The number of hydrogen-bond acceptors (Lipinski definition) is 4. The Bertz CT molecular complexity index is 612. The number of benzene rings is 1. The molecule has 0 bridgehead atoms. The predicted molar refractivity (Wildman–Crippen MR) is 85.1 cm³/mol. The van der Waals surface area contributed by atoms with Crippen LogP contribution in [-0.4, -0.2) is 29.7 Å². The van der Waals surface area contributed by atoms with Gasteiger partial charge in [-0.1, -0.05) is 26.0 Å². The Labute approximate surface area is 129 Å². The molecule has 0 aliphatic heterocycles. The Morgan fingerprint density at radius 1 is 1.23 bits per heavy atom. The topological polar surface area (TPSA) is 76.1 Å². The van der Waals surface area contributed by atoms with Gasteiger partial charge in [0.25, 0.3) is 0 Å². The minimum Gasteiger partial charge on any atom is -0.497 e. The van der Waals surface area contributed by atoms with Crippen LogP contribution in [0.2, 0.25) is 0 Å². The molecule has 6 nitrogen and oxygen atoms in total. The van der Waals surface area contributed by atoms with Crippen molar-refractivity contribution in [3.05, 3.63) is 48.4 Å². The van der Waals surface area contributed by atoms with Crippen LogP contribution < -0.4 is 15.4 Å². The van der Waals surface area contributed by atoms with E-state index in [1.165, 1.54) is 12.4 Å². The Morgan fingerprint density at radius 2 is 1.95 bits per heavy atom. The molecule has 0 atom stereocenters. The fourth-order valence-corrected chi connectivity index (χ4v) is 1.97. The molecule has 2 N–H and O–H groups in total. The quantitative estimate of drug-likeness (QED) is 0.890. The van der Waals surface area contributed by atoms with Gasteiger partial charge in [-0.25, -0.2) is 9.78 Å². The molecule has 116 valence electrons. The maximum atomic E-state index is 11.9. The van der Waals surface area contributed by atoms with Gasteiger partial charge in [0, 0.05) is 24.4 Å². The highest BCUT2D eigenvalue weighted by atomic mass is 16.5. The molecule has 0 fully saturated rings. The van der Waals surface area contributed by atoms with E-state index >= 15 is 0 Å². The fourth-order valence-electron chi connectivity index (χ4n) is 1.97. The third kappa shape index (κ3) is 4.18. The number of methoxy groups -OCH3 is 1. The van der Waals surface area contributed by atoms with Gasteiger partial charge in [0.15, 0.2) is 5.82 Å². The molecule has 6 heteroatoms. The van der Waals surface area contributed by atoms with Gasteiger partial charge in [-0.05, 0) is 17.7 Å². The molecule has 2 amide bonds. The van der Waals surface area contributed by atoms with Crippen LogP contribution >= 0.6 is 0 Å². The summed E-state index contributed by atoms with van der Waals surface area (Å²) >= 11 is 0. The smallest absolute Gasteiger partial charge is 0.320 e. The first-order valence-electron chi connectivity index (χ1n) is 6.97. The number of nitrogens with zero attached hydrogens (tertiary/aromatic N) is 2. The molecule has 22 heavy (non-hydrogen) atoms. The zero-order valence-corrected chi connectivity index (χ0v) is 13.0. The van der Waals surface area contributed by atoms with Crippen molar-refractivity contribution >= 4 is 11.8 Å². The molecule has 0 aliphatic rings. The lowest BCUT2D eigenvalue weighted by Crippen LogP contribution is -2.39. The zero-order chi connectivity index (χ0) is 16.0. The normalized spacial score (nSPS) is 10.9. The van der Waals surface area contributed by atoms with E-state index in [2.05, 4.69) is 34.4 Å². The number of urea groups is 1. The lowest BCUT2D eigenvalue weighted by molar-refractivity contribution is 0.249. The van der Waals surface area contributed by atoms with Gasteiger partial charge in [-0.3, -0.25) is 10.3 Å². The lowest BCUT2D eigenvalue weighted by atomic mass is 9.84. The molecule has 1 heterocycles. The number of aromatic nitrogens is 2. The fraction of sp³-hybridized carbons (Fsp3) is 0.312. The van der Waals surface area contributed by atoms with Crippen LogP contribution in [0.15, 0.2) is 42.9 Å². The number of ether oxygens (including phenoxy) is 1. The molecule has 0 saturated heterocycles. The highest BCUT2D eigenvalue weighted by Crippen LogP contribution is 2.24. The van der Waals surface area contributed by atoms with E-state index in [0.29, 0.717) is 12.4 Å². The second kappa shape index (κ2) is 6.89. The molecule has 1 aromatic carbocycles. The van der Waals surface area contributed by atoms with Gasteiger partial charge in [-0.15, -0.1) is 0 Å². The number of hydrogen-bond donors (Lipinski definition) is 2. The van der Waals surface area contributed by atoms with Gasteiger partial charge >= 0.3 is 6.03 Å². The van der Waals surface area contributed by atoms with E-state index < -0.39 is 0 Å². The maximum absolute atomic E-state index is 11.9. The van der Waals surface area contributed by atoms with E-state index in [1.807, 2.05) is 24.3 Å². The number of rotatable bonds is 5. The van der Waals surface area contributed by atoms with Crippen molar-refractivity contribution in [2.24, 2.45) is 0 Å². The summed E-state index contributed by atoms with van der Waals surface area (Å²) in [5.41, 5.74) is 0.916. The third-order valence-corrected chi connectivity index (χ3v) is 3.37. The van der Waals surface area contributed by atoms with Crippen molar-refractivity contribution in [1.82, 2.24) is 15.3 Å². The summed E-state index contributed by atoms with van der Waals surface area (Å²) in [6.45, 7) is 4.63. The van der Waals surface area contributed by atoms with Crippen LogP contribution in [-0.2, 0) is 5.41 Å². The van der Waals surface area contributed by atoms with E-state index in [-0.39, 0.29) is 11.4 Å². The number of amides is 2. The number of carbonyl (C=O) groups excluding carboxylic acids is 1. The number of carbonyl (C=O) groups is 1. The Hall–Kier alpha value is -2.63. The molecule has 2 rings (SSSR count). The third-order valence-electron chi connectivity index (χ3n) is 3.37. The van der Waals surface area contributed by atoms with Gasteiger partial charge in [0.2, 0.25) is 0 Å². The van der Waals surface area contributed by atoms with Crippen LogP contribution in [0.5, 0.6) is 5.75 Å². The number of anilines is 1. The second-order valence-corrected chi connectivity index (χ2v) is 5.51. The summed E-state index contributed by atoms with van der Waals surface area (Å²) in [6.07, 6.45) is 4.57. The van der Waals surface area contributed by atoms with Crippen molar-refractivity contribution in [1.29, 1.82) is 0 Å². The van der Waals surface area contributed by atoms with Gasteiger partial charge < -0.3 is 10.1 Å². The van der Waals surface area contributed by atoms with Crippen molar-refractivity contribution in [3.8, 4) is 5.75 Å². The van der Waals surface area contributed by atoms with E-state index in [4.69, 9.17) is 4.74 Å². The molecule has 0 aliphatic carbocycles. The standard InChI is InChI=1S/C16H20N4O2/c1-16(2,12-4-6-13(22-3)7-5-12)11-19-15(21)20-14-10-17-8-9-18-14/h4-10H,11H2,1-3H3,(H2,18,19,20,21). The molecular weight excluding hydrogens is 280 g/mol. The van der Waals surface area contributed by atoms with Crippen LogP contribution in [0.25, 0.3) is 0 Å². The summed E-state index contributed by atoms with van der Waals surface area (Å²) < 4.78 is 5.15. The molecule has 0 saturated carbocycles. The first-order valence-corrected chi connectivity index (χ1v) is 6.97. The maximum Gasteiger partial charge on any atom is 0.320 e. The summed E-state index contributed by atoms with van der Waals surface area (Å²) in [4.78, 5) is 19.8. The van der Waals surface area contributed by atoms with Gasteiger partial charge in [0.1, 0.15) is 5.75 Å².